The molecule has 1 amide bonds. The van der Waals surface area contributed by atoms with Gasteiger partial charge in [0.05, 0.1) is 15.9 Å². The molecule has 2 heterocycles. The number of rotatable bonds is 4. The lowest BCUT2D eigenvalue weighted by Crippen LogP contribution is -2.24. The Morgan fingerprint density at radius 1 is 0.971 bits per heavy atom. The lowest BCUT2D eigenvalue weighted by Gasteiger charge is -2.10. The van der Waals surface area contributed by atoms with Crippen LogP contribution in [-0.4, -0.2) is 29.0 Å². The molecule has 0 aliphatic rings. The van der Waals surface area contributed by atoms with E-state index in [0.717, 1.165) is 10.2 Å². The van der Waals surface area contributed by atoms with Gasteiger partial charge in [-0.25, -0.2) is 23.1 Å². The first-order chi connectivity index (χ1) is 16.3. The SMILES string of the molecule is Cc1ccc(S(=O)(=O)c2c(N)n(NC(=O)c3cccc(Cl)c3)c3nc4ccccc4nc23)cc1. The molecule has 0 atom stereocenters. The third kappa shape index (κ3) is 3.64. The number of aryl methyl sites for hydroxylation is 1. The molecule has 5 aromatic rings. The lowest BCUT2D eigenvalue weighted by atomic mass is 10.2. The maximum atomic E-state index is 13.6. The van der Waals surface area contributed by atoms with Gasteiger partial charge < -0.3 is 5.73 Å². The Morgan fingerprint density at radius 3 is 2.32 bits per heavy atom. The molecular formula is C24H18ClN5O3S. The van der Waals surface area contributed by atoms with Crippen molar-refractivity contribution < 1.29 is 13.2 Å². The third-order valence-corrected chi connectivity index (χ3v) is 7.42. The normalized spacial score (nSPS) is 11.7. The monoisotopic (exact) mass is 491 g/mol. The number of hydrogen-bond donors (Lipinski definition) is 2. The second-order valence-electron chi connectivity index (χ2n) is 7.70. The van der Waals surface area contributed by atoms with Crippen molar-refractivity contribution >= 4 is 55.4 Å². The van der Waals surface area contributed by atoms with E-state index in [1.54, 1.807) is 54.6 Å². The summed E-state index contributed by atoms with van der Waals surface area (Å²) < 4.78 is 28.4. The maximum Gasteiger partial charge on any atom is 0.270 e. The van der Waals surface area contributed by atoms with Crippen LogP contribution >= 0.6 is 11.6 Å². The smallest absolute Gasteiger partial charge is 0.270 e. The van der Waals surface area contributed by atoms with Gasteiger partial charge in [-0.05, 0) is 49.4 Å². The summed E-state index contributed by atoms with van der Waals surface area (Å²) in [6, 6.07) is 19.8. The molecule has 0 aliphatic carbocycles. The predicted octanol–water partition coefficient (Wildman–Crippen LogP) is 4.35. The number of nitrogen functional groups attached to an aromatic ring is 1. The van der Waals surface area contributed by atoms with Gasteiger partial charge in [0.1, 0.15) is 16.2 Å². The largest absolute Gasteiger partial charge is 0.382 e. The highest BCUT2D eigenvalue weighted by Crippen LogP contribution is 2.34. The van der Waals surface area contributed by atoms with Crippen molar-refractivity contribution in [3.05, 3.63) is 88.9 Å². The highest BCUT2D eigenvalue weighted by molar-refractivity contribution is 7.92. The molecule has 3 N–H and O–H groups in total. The first kappa shape index (κ1) is 21.9. The number of carbonyl (C=O) groups is 1. The molecule has 0 fully saturated rings. The number of benzene rings is 3. The van der Waals surface area contributed by atoms with Crippen molar-refractivity contribution in [3.8, 4) is 0 Å². The Balaban J connectivity index is 1.76. The van der Waals surface area contributed by atoms with E-state index in [1.165, 1.54) is 18.2 Å². The number of anilines is 1. The van der Waals surface area contributed by atoms with Crippen LogP contribution < -0.4 is 11.2 Å². The van der Waals surface area contributed by atoms with Crippen LogP contribution in [0.2, 0.25) is 5.02 Å². The maximum absolute atomic E-state index is 13.6. The molecule has 0 unspecified atom stereocenters. The molecule has 10 heteroatoms. The number of nitrogens with two attached hydrogens (primary N) is 1. The van der Waals surface area contributed by atoms with E-state index < -0.39 is 15.7 Å². The van der Waals surface area contributed by atoms with Crippen molar-refractivity contribution in [1.82, 2.24) is 14.6 Å². The zero-order valence-corrected chi connectivity index (χ0v) is 19.4. The van der Waals surface area contributed by atoms with Crippen LogP contribution in [0.1, 0.15) is 15.9 Å². The van der Waals surface area contributed by atoms with Gasteiger partial charge in [-0.1, -0.05) is 47.5 Å². The van der Waals surface area contributed by atoms with Crippen molar-refractivity contribution in [3.63, 3.8) is 0 Å². The van der Waals surface area contributed by atoms with E-state index in [-0.39, 0.29) is 32.3 Å². The number of carbonyl (C=O) groups excluding carboxylic acids is 1. The summed E-state index contributed by atoms with van der Waals surface area (Å²) in [5.41, 5.74) is 11.4. The van der Waals surface area contributed by atoms with E-state index in [9.17, 15) is 13.2 Å². The van der Waals surface area contributed by atoms with Gasteiger partial charge in [-0.15, -0.1) is 0 Å². The second kappa shape index (κ2) is 8.12. The molecule has 34 heavy (non-hydrogen) atoms. The fourth-order valence-electron chi connectivity index (χ4n) is 3.65. The first-order valence-electron chi connectivity index (χ1n) is 10.2. The summed E-state index contributed by atoms with van der Waals surface area (Å²) in [4.78, 5) is 21.9. The van der Waals surface area contributed by atoms with E-state index in [0.29, 0.717) is 16.1 Å². The van der Waals surface area contributed by atoms with Crippen LogP contribution in [-0.2, 0) is 9.84 Å². The van der Waals surface area contributed by atoms with Crippen LogP contribution in [0.4, 0.5) is 5.82 Å². The summed E-state index contributed by atoms with van der Waals surface area (Å²) >= 11 is 6.01. The van der Waals surface area contributed by atoms with E-state index in [1.807, 2.05) is 6.92 Å². The van der Waals surface area contributed by atoms with Crippen LogP contribution in [0.25, 0.3) is 22.2 Å². The number of sulfone groups is 1. The number of hydrogen-bond acceptors (Lipinski definition) is 6. The zero-order valence-electron chi connectivity index (χ0n) is 17.9. The fourth-order valence-corrected chi connectivity index (χ4v) is 5.32. The minimum absolute atomic E-state index is 0.0555. The Morgan fingerprint density at radius 2 is 1.65 bits per heavy atom. The minimum atomic E-state index is -4.09. The van der Waals surface area contributed by atoms with Crippen molar-refractivity contribution in [2.75, 3.05) is 11.2 Å². The van der Waals surface area contributed by atoms with Crippen LogP contribution in [0.5, 0.6) is 0 Å². The molecule has 0 radical (unpaired) electrons. The quantitative estimate of drug-likeness (QED) is 0.385. The average Bonchev–Trinajstić information content (AvgIpc) is 3.08. The van der Waals surface area contributed by atoms with Gasteiger partial charge in [0.25, 0.3) is 5.91 Å². The molecule has 5 rings (SSSR count). The molecular weight excluding hydrogens is 474 g/mol. The predicted molar refractivity (Wildman–Crippen MR) is 131 cm³/mol. The fraction of sp³-hybridized carbons (Fsp3) is 0.0417. The van der Waals surface area contributed by atoms with Crippen LogP contribution in [0.3, 0.4) is 0 Å². The van der Waals surface area contributed by atoms with Crippen molar-refractivity contribution in [2.45, 2.75) is 16.7 Å². The molecule has 170 valence electrons. The summed E-state index contributed by atoms with van der Waals surface area (Å²) in [6.07, 6.45) is 0. The van der Waals surface area contributed by atoms with E-state index >= 15 is 0 Å². The molecule has 3 aromatic carbocycles. The standard InChI is InChI=1S/C24H18ClN5O3S/c1-14-9-11-17(12-10-14)34(32,33)21-20-23(28-19-8-3-2-7-18(19)27-20)30(22(21)26)29-24(31)15-5-4-6-16(25)13-15/h2-13H,26H2,1H3,(H,29,31). The van der Waals surface area contributed by atoms with Crippen molar-refractivity contribution in [1.29, 1.82) is 0 Å². The highest BCUT2D eigenvalue weighted by Gasteiger charge is 2.31. The molecule has 8 nitrogen and oxygen atoms in total. The number of aromatic nitrogens is 3. The lowest BCUT2D eigenvalue weighted by molar-refractivity contribution is 0.101. The summed E-state index contributed by atoms with van der Waals surface area (Å²) in [6.45, 7) is 1.86. The molecule has 0 saturated heterocycles. The van der Waals surface area contributed by atoms with Gasteiger partial charge in [0.2, 0.25) is 9.84 Å². The molecule has 2 aromatic heterocycles. The Kier molecular flexibility index (Phi) is 5.22. The summed E-state index contributed by atoms with van der Waals surface area (Å²) in [5, 5.41) is 0.381. The Labute approximate surface area is 199 Å². The van der Waals surface area contributed by atoms with Gasteiger partial charge in [0, 0.05) is 10.6 Å². The number of nitrogens with zero attached hydrogens (tertiary/aromatic N) is 3. The number of para-hydroxylation sites is 2. The van der Waals surface area contributed by atoms with Crippen LogP contribution in [0, 0.1) is 6.92 Å². The van der Waals surface area contributed by atoms with Gasteiger partial charge in [0.15, 0.2) is 5.65 Å². The van der Waals surface area contributed by atoms with E-state index in [4.69, 9.17) is 17.3 Å². The second-order valence-corrected chi connectivity index (χ2v) is 10.0. The van der Waals surface area contributed by atoms with Gasteiger partial charge >= 0.3 is 0 Å². The highest BCUT2D eigenvalue weighted by atomic mass is 35.5. The number of fused-ring (bicyclic) bond motifs is 2. The molecule has 0 saturated carbocycles. The van der Waals surface area contributed by atoms with Crippen LogP contribution in [0.15, 0.2) is 82.6 Å². The molecule has 0 bridgehead atoms. The number of amides is 1. The Hall–Kier alpha value is -3.95. The van der Waals surface area contributed by atoms with E-state index in [2.05, 4.69) is 15.4 Å². The van der Waals surface area contributed by atoms with Crippen molar-refractivity contribution in [2.24, 2.45) is 0 Å². The van der Waals surface area contributed by atoms with Gasteiger partial charge in [-0.3, -0.25) is 10.2 Å². The minimum Gasteiger partial charge on any atom is -0.382 e. The Bertz CT molecular complexity index is 1700. The average molecular weight is 492 g/mol. The zero-order chi connectivity index (χ0) is 24.0. The molecule has 0 spiro atoms. The first-order valence-corrected chi connectivity index (χ1v) is 12.1. The van der Waals surface area contributed by atoms with Gasteiger partial charge in [-0.2, -0.15) is 0 Å². The summed E-state index contributed by atoms with van der Waals surface area (Å²) in [5.74, 6) is -0.749. The number of halogens is 1. The summed E-state index contributed by atoms with van der Waals surface area (Å²) in [7, 11) is -4.09. The third-order valence-electron chi connectivity index (χ3n) is 5.35. The topological polar surface area (TPSA) is 120 Å². The number of nitrogens with one attached hydrogen (secondary N) is 1. The molecule has 0 aliphatic heterocycles.